The van der Waals surface area contributed by atoms with Gasteiger partial charge in [-0.05, 0) is 13.0 Å². The number of ether oxygens (including phenoxy) is 1. The molecule has 4 heteroatoms. The van der Waals surface area contributed by atoms with Gasteiger partial charge in [0.1, 0.15) is 11.5 Å². The Morgan fingerprint density at radius 1 is 1.64 bits per heavy atom. The predicted octanol–water partition coefficient (Wildman–Crippen LogP) is 1.23. The van der Waals surface area contributed by atoms with Crippen molar-refractivity contribution < 1.29 is 9.53 Å². The van der Waals surface area contributed by atoms with Crippen molar-refractivity contribution in [2.45, 2.75) is 6.92 Å². The number of carbonyl (C=O) groups excluding carboxylic acids is 1. The van der Waals surface area contributed by atoms with E-state index >= 15 is 0 Å². The molecule has 0 atom stereocenters. The minimum atomic E-state index is -0.135. The van der Waals surface area contributed by atoms with Crippen LogP contribution in [-0.2, 0) is 4.79 Å². The summed E-state index contributed by atoms with van der Waals surface area (Å²) in [4.78, 5) is 10.4. The van der Waals surface area contributed by atoms with Crippen molar-refractivity contribution in [3.8, 4) is 5.75 Å². The van der Waals surface area contributed by atoms with E-state index in [9.17, 15) is 4.79 Å². The van der Waals surface area contributed by atoms with Crippen molar-refractivity contribution in [3.05, 3.63) is 23.8 Å². The van der Waals surface area contributed by atoms with Crippen LogP contribution < -0.4 is 10.5 Å². The summed E-state index contributed by atoms with van der Waals surface area (Å²) in [6.45, 7) is 2.35. The number of nitrogens with one attached hydrogen (secondary N) is 1. The summed E-state index contributed by atoms with van der Waals surface area (Å²) in [5.41, 5.74) is 6.33. The van der Waals surface area contributed by atoms with Crippen molar-refractivity contribution >= 4 is 17.7 Å². The van der Waals surface area contributed by atoms with E-state index in [0.717, 1.165) is 0 Å². The Kier molecular flexibility index (Phi) is 3.23. The highest BCUT2D eigenvalue weighted by molar-refractivity contribution is 6.36. The molecule has 0 aliphatic heterocycles. The second-order valence-electron chi connectivity index (χ2n) is 2.68. The van der Waals surface area contributed by atoms with Gasteiger partial charge in [-0.1, -0.05) is 12.1 Å². The lowest BCUT2D eigenvalue weighted by Crippen LogP contribution is -2.06. The van der Waals surface area contributed by atoms with Gasteiger partial charge in [0.2, 0.25) is 0 Å². The number of benzene rings is 1. The monoisotopic (exact) mass is 192 g/mol. The number of nitrogens with two attached hydrogens (primary N) is 1. The second-order valence-corrected chi connectivity index (χ2v) is 2.68. The van der Waals surface area contributed by atoms with Crippen molar-refractivity contribution in [3.63, 3.8) is 0 Å². The van der Waals surface area contributed by atoms with Crippen LogP contribution >= 0.6 is 0 Å². The minimum absolute atomic E-state index is 0.135. The highest BCUT2D eigenvalue weighted by Gasteiger charge is 2.08. The molecule has 4 nitrogen and oxygen atoms in total. The summed E-state index contributed by atoms with van der Waals surface area (Å²) in [6, 6.07) is 5.03. The van der Waals surface area contributed by atoms with Crippen LogP contribution in [0.3, 0.4) is 0 Å². The van der Waals surface area contributed by atoms with Gasteiger partial charge in [-0.2, -0.15) is 0 Å². The number of hydrogen-bond donors (Lipinski definition) is 2. The lowest BCUT2D eigenvalue weighted by atomic mass is 10.1. The maximum atomic E-state index is 10.4. The molecule has 0 heterocycles. The normalized spacial score (nSPS) is 9.50. The molecule has 0 spiro atoms. The summed E-state index contributed by atoms with van der Waals surface area (Å²) in [6.07, 6.45) is 0.460. The van der Waals surface area contributed by atoms with Gasteiger partial charge in [0.25, 0.3) is 0 Å². The Bertz CT molecular complexity index is 361. The third-order valence-corrected chi connectivity index (χ3v) is 1.77. The predicted molar refractivity (Wildman–Crippen MR) is 54.9 cm³/mol. The van der Waals surface area contributed by atoms with E-state index in [1.165, 1.54) is 0 Å². The molecule has 1 aromatic rings. The number of rotatable bonds is 4. The molecule has 0 aromatic heterocycles. The van der Waals surface area contributed by atoms with E-state index in [1.807, 2.05) is 6.92 Å². The lowest BCUT2D eigenvalue weighted by Gasteiger charge is -2.09. The summed E-state index contributed by atoms with van der Waals surface area (Å²) in [7, 11) is 0. The second kappa shape index (κ2) is 4.41. The molecule has 0 amide bonds. The van der Waals surface area contributed by atoms with Crippen LogP contribution in [0.4, 0.5) is 5.69 Å². The molecule has 0 unspecified atom stereocenters. The quantitative estimate of drug-likeness (QED) is 0.428. The van der Waals surface area contributed by atoms with Crippen LogP contribution in [0.1, 0.15) is 12.5 Å². The molecule has 14 heavy (non-hydrogen) atoms. The minimum Gasteiger partial charge on any atom is -0.492 e. The van der Waals surface area contributed by atoms with Crippen molar-refractivity contribution in [1.82, 2.24) is 0 Å². The molecular formula is C10H12N2O2. The van der Waals surface area contributed by atoms with E-state index in [4.69, 9.17) is 15.9 Å². The molecule has 3 N–H and O–H groups in total. The molecule has 0 bridgehead atoms. The first-order chi connectivity index (χ1) is 6.70. The van der Waals surface area contributed by atoms with Gasteiger partial charge < -0.3 is 10.5 Å². The summed E-state index contributed by atoms with van der Waals surface area (Å²) < 4.78 is 5.23. The first-order valence-corrected chi connectivity index (χ1v) is 4.26. The van der Waals surface area contributed by atoms with E-state index in [-0.39, 0.29) is 5.71 Å². The fourth-order valence-electron chi connectivity index (χ4n) is 1.12. The van der Waals surface area contributed by atoms with E-state index in [2.05, 4.69) is 0 Å². The van der Waals surface area contributed by atoms with E-state index in [0.29, 0.717) is 29.9 Å². The molecular weight excluding hydrogens is 180 g/mol. The molecule has 0 fully saturated rings. The van der Waals surface area contributed by atoms with Crippen LogP contribution in [0.2, 0.25) is 0 Å². The fraction of sp³-hybridized carbons (Fsp3) is 0.200. The fourth-order valence-corrected chi connectivity index (χ4v) is 1.12. The number of anilines is 1. The Morgan fingerprint density at radius 2 is 2.36 bits per heavy atom. The summed E-state index contributed by atoms with van der Waals surface area (Å²) in [5.74, 6) is 0.511. The molecule has 0 aliphatic rings. The number of carbonyl (C=O) groups is 1. The van der Waals surface area contributed by atoms with Gasteiger partial charge in [-0.3, -0.25) is 10.2 Å². The van der Waals surface area contributed by atoms with Crippen molar-refractivity contribution in [2.24, 2.45) is 0 Å². The maximum absolute atomic E-state index is 10.4. The van der Waals surface area contributed by atoms with Gasteiger partial charge in [0, 0.05) is 5.56 Å². The average molecular weight is 192 g/mol. The standard InChI is InChI=1S/C10H12N2O2/c1-2-14-9-5-3-4-7(10(9)12)8(11)6-13/h3-6,11H,2,12H2,1H3. The van der Waals surface area contributed by atoms with Crippen LogP contribution in [-0.4, -0.2) is 18.6 Å². The molecule has 1 rings (SSSR count). The Labute approximate surface area is 82.2 Å². The molecule has 74 valence electrons. The number of nitrogen functional groups attached to an aromatic ring is 1. The summed E-state index contributed by atoms with van der Waals surface area (Å²) >= 11 is 0. The van der Waals surface area contributed by atoms with E-state index < -0.39 is 0 Å². The Balaban J connectivity index is 3.13. The smallest absolute Gasteiger partial charge is 0.168 e. The van der Waals surface area contributed by atoms with Crippen molar-refractivity contribution in [2.75, 3.05) is 12.3 Å². The molecule has 0 saturated heterocycles. The molecule has 0 radical (unpaired) electrons. The third kappa shape index (κ3) is 1.90. The van der Waals surface area contributed by atoms with Crippen LogP contribution in [0.5, 0.6) is 5.75 Å². The van der Waals surface area contributed by atoms with Crippen LogP contribution in [0.25, 0.3) is 0 Å². The topological polar surface area (TPSA) is 76.2 Å². The van der Waals surface area contributed by atoms with Gasteiger partial charge in [0.05, 0.1) is 12.3 Å². The van der Waals surface area contributed by atoms with Gasteiger partial charge in [-0.25, -0.2) is 0 Å². The van der Waals surface area contributed by atoms with E-state index in [1.54, 1.807) is 18.2 Å². The van der Waals surface area contributed by atoms with Gasteiger partial charge in [0.15, 0.2) is 6.29 Å². The van der Waals surface area contributed by atoms with Gasteiger partial charge >= 0.3 is 0 Å². The zero-order chi connectivity index (χ0) is 10.6. The zero-order valence-corrected chi connectivity index (χ0v) is 7.91. The molecule has 0 saturated carbocycles. The Hall–Kier alpha value is -1.84. The highest BCUT2D eigenvalue weighted by atomic mass is 16.5. The Morgan fingerprint density at radius 3 is 2.93 bits per heavy atom. The molecule has 1 aromatic carbocycles. The number of hydrogen-bond acceptors (Lipinski definition) is 4. The SMILES string of the molecule is CCOc1cccc(C(=N)C=O)c1N. The lowest BCUT2D eigenvalue weighted by molar-refractivity contribution is -0.102. The highest BCUT2D eigenvalue weighted by Crippen LogP contribution is 2.24. The number of aldehydes is 1. The third-order valence-electron chi connectivity index (χ3n) is 1.77. The van der Waals surface area contributed by atoms with Crippen LogP contribution in [0.15, 0.2) is 18.2 Å². The zero-order valence-electron chi connectivity index (χ0n) is 7.91. The first-order valence-electron chi connectivity index (χ1n) is 4.26. The summed E-state index contributed by atoms with van der Waals surface area (Å²) in [5, 5.41) is 7.34. The van der Waals surface area contributed by atoms with Crippen molar-refractivity contribution in [1.29, 1.82) is 5.41 Å². The van der Waals surface area contributed by atoms with Gasteiger partial charge in [-0.15, -0.1) is 0 Å². The largest absolute Gasteiger partial charge is 0.492 e. The maximum Gasteiger partial charge on any atom is 0.168 e. The van der Waals surface area contributed by atoms with Crippen LogP contribution in [0, 0.1) is 5.41 Å². The first kappa shape index (κ1) is 10.2. The average Bonchev–Trinajstić information content (AvgIpc) is 2.20. The number of para-hydroxylation sites is 1. The molecule has 0 aliphatic carbocycles.